The molecule has 0 aliphatic carbocycles. The molecule has 3 aromatic carbocycles. The number of amides is 1. The van der Waals surface area contributed by atoms with E-state index >= 15 is 0 Å². The van der Waals surface area contributed by atoms with E-state index in [1.165, 1.54) is 4.68 Å². The number of nitrogens with zero attached hydrogens (tertiary/aromatic N) is 2. The van der Waals surface area contributed by atoms with Crippen molar-refractivity contribution in [3.8, 4) is 16.9 Å². The molecule has 0 aliphatic rings. The van der Waals surface area contributed by atoms with E-state index in [4.69, 9.17) is 0 Å². The van der Waals surface area contributed by atoms with E-state index in [9.17, 15) is 14.4 Å². The number of Topliss-reactive ketones (excluding diaryl/α,β-unsaturated/α-hetero) is 1. The number of carbonyl (C=O) groups excluding carboxylic acids is 2. The van der Waals surface area contributed by atoms with Crippen LogP contribution in [0.25, 0.3) is 16.9 Å². The van der Waals surface area contributed by atoms with E-state index in [2.05, 4.69) is 12.0 Å². The van der Waals surface area contributed by atoms with Gasteiger partial charge in [0.15, 0.2) is 5.78 Å². The van der Waals surface area contributed by atoms with Gasteiger partial charge in [-0.05, 0) is 42.2 Å². The summed E-state index contributed by atoms with van der Waals surface area (Å²) in [5.74, 6) is -0.471. The number of aromatic nitrogens is 2. The van der Waals surface area contributed by atoms with Gasteiger partial charge in [0.1, 0.15) is 5.56 Å². The first kappa shape index (κ1) is 24.9. The van der Waals surface area contributed by atoms with Gasteiger partial charge in [0.2, 0.25) is 0 Å². The van der Waals surface area contributed by atoms with Crippen molar-refractivity contribution in [2.45, 2.75) is 27.2 Å². The van der Waals surface area contributed by atoms with Crippen LogP contribution in [0.2, 0.25) is 0 Å². The molecule has 0 radical (unpaired) electrons. The Hall–Kier alpha value is -4.19. The molecule has 0 fully saturated rings. The summed E-state index contributed by atoms with van der Waals surface area (Å²) >= 11 is 0. The van der Waals surface area contributed by atoms with E-state index in [-0.39, 0.29) is 23.9 Å². The van der Waals surface area contributed by atoms with Crippen LogP contribution in [0.4, 0.5) is 0 Å². The Kier molecular flexibility index (Phi) is 7.64. The lowest BCUT2D eigenvalue weighted by Crippen LogP contribution is -2.39. The zero-order valence-corrected chi connectivity index (χ0v) is 20.9. The lowest BCUT2D eigenvalue weighted by Gasteiger charge is -2.24. The molecule has 0 saturated heterocycles. The van der Waals surface area contributed by atoms with Crippen LogP contribution in [-0.4, -0.2) is 39.5 Å². The summed E-state index contributed by atoms with van der Waals surface area (Å²) in [6.07, 6.45) is 0.881. The standard InChI is InChI=1S/C30H31N3O3/c1-4-22-15-17-24(18-16-22)29(35)32(19-21(2)3)20-26(34)27-28(23-11-7-5-8-12-23)31-33(30(27)36)25-13-9-6-10-14-25/h5-18,21,31H,4,19-20H2,1-3H3. The molecule has 0 bridgehead atoms. The number of aromatic amines is 1. The van der Waals surface area contributed by atoms with Crippen LogP contribution in [0.5, 0.6) is 0 Å². The van der Waals surface area contributed by atoms with Crippen molar-refractivity contribution in [1.29, 1.82) is 0 Å². The Morgan fingerprint density at radius 3 is 2.08 bits per heavy atom. The first-order valence-corrected chi connectivity index (χ1v) is 12.3. The van der Waals surface area contributed by atoms with Crippen LogP contribution in [0.3, 0.4) is 0 Å². The van der Waals surface area contributed by atoms with Gasteiger partial charge in [-0.3, -0.25) is 19.5 Å². The average Bonchev–Trinajstić information content (AvgIpc) is 3.25. The molecule has 1 N–H and O–H groups in total. The maximum Gasteiger partial charge on any atom is 0.282 e. The quantitative estimate of drug-likeness (QED) is 0.326. The maximum absolute atomic E-state index is 13.7. The van der Waals surface area contributed by atoms with Crippen LogP contribution < -0.4 is 5.56 Å². The summed E-state index contributed by atoms with van der Waals surface area (Å²) in [5.41, 5.74) is 3.08. The highest BCUT2D eigenvalue weighted by atomic mass is 16.2. The third-order valence-corrected chi connectivity index (χ3v) is 6.06. The zero-order chi connectivity index (χ0) is 25.7. The molecule has 0 aliphatic heterocycles. The second-order valence-corrected chi connectivity index (χ2v) is 9.26. The molecular weight excluding hydrogens is 450 g/mol. The molecule has 0 unspecified atom stereocenters. The predicted molar refractivity (Wildman–Crippen MR) is 143 cm³/mol. The van der Waals surface area contributed by atoms with Crippen molar-refractivity contribution in [2.75, 3.05) is 13.1 Å². The Morgan fingerprint density at radius 1 is 0.889 bits per heavy atom. The molecule has 1 aromatic heterocycles. The zero-order valence-electron chi connectivity index (χ0n) is 20.9. The normalized spacial score (nSPS) is 11.0. The Labute approximate surface area is 211 Å². The number of hydrogen-bond donors (Lipinski definition) is 1. The molecule has 1 heterocycles. The molecule has 0 atom stereocenters. The van der Waals surface area contributed by atoms with Gasteiger partial charge >= 0.3 is 0 Å². The van der Waals surface area contributed by atoms with Gasteiger partial charge in [0, 0.05) is 17.7 Å². The molecule has 6 heteroatoms. The van der Waals surface area contributed by atoms with Crippen molar-refractivity contribution in [3.05, 3.63) is 112 Å². The highest BCUT2D eigenvalue weighted by Crippen LogP contribution is 2.22. The summed E-state index contributed by atoms with van der Waals surface area (Å²) < 4.78 is 1.38. The Balaban J connectivity index is 1.73. The first-order valence-electron chi connectivity index (χ1n) is 12.3. The molecule has 184 valence electrons. The van der Waals surface area contributed by atoms with E-state index in [0.29, 0.717) is 23.5 Å². The second kappa shape index (κ2) is 11.0. The lowest BCUT2D eigenvalue weighted by molar-refractivity contribution is 0.0691. The topological polar surface area (TPSA) is 75.2 Å². The number of nitrogens with one attached hydrogen (secondary N) is 1. The minimum atomic E-state index is -0.436. The van der Waals surface area contributed by atoms with Crippen molar-refractivity contribution < 1.29 is 9.59 Å². The monoisotopic (exact) mass is 481 g/mol. The number of rotatable bonds is 9. The van der Waals surface area contributed by atoms with Gasteiger partial charge in [-0.2, -0.15) is 0 Å². The number of para-hydroxylation sites is 1. The average molecular weight is 482 g/mol. The van der Waals surface area contributed by atoms with Crippen molar-refractivity contribution in [3.63, 3.8) is 0 Å². The molecule has 36 heavy (non-hydrogen) atoms. The third kappa shape index (κ3) is 5.38. The fraction of sp³-hybridized carbons (Fsp3) is 0.233. The van der Waals surface area contributed by atoms with Crippen LogP contribution in [-0.2, 0) is 6.42 Å². The Bertz CT molecular complexity index is 1390. The summed E-state index contributed by atoms with van der Waals surface area (Å²) in [6.45, 7) is 6.27. The van der Waals surface area contributed by atoms with Crippen molar-refractivity contribution >= 4 is 11.7 Å². The number of benzene rings is 3. The van der Waals surface area contributed by atoms with Gasteiger partial charge < -0.3 is 4.90 Å². The third-order valence-electron chi connectivity index (χ3n) is 6.06. The summed E-state index contributed by atoms with van der Waals surface area (Å²) in [6, 6.07) is 25.9. The second-order valence-electron chi connectivity index (χ2n) is 9.26. The minimum Gasteiger partial charge on any atom is -0.331 e. The van der Waals surface area contributed by atoms with Crippen LogP contribution >= 0.6 is 0 Å². The van der Waals surface area contributed by atoms with Gasteiger partial charge in [0.25, 0.3) is 11.5 Å². The fourth-order valence-electron chi connectivity index (χ4n) is 4.25. The lowest BCUT2D eigenvalue weighted by atomic mass is 10.0. The van der Waals surface area contributed by atoms with Crippen LogP contribution in [0.1, 0.15) is 47.1 Å². The van der Waals surface area contributed by atoms with Gasteiger partial charge in [-0.15, -0.1) is 0 Å². The summed E-state index contributed by atoms with van der Waals surface area (Å²) in [4.78, 5) is 42.2. The molecule has 4 aromatic rings. The highest BCUT2D eigenvalue weighted by Gasteiger charge is 2.27. The van der Waals surface area contributed by atoms with Gasteiger partial charge in [0.05, 0.1) is 17.9 Å². The fourth-order valence-corrected chi connectivity index (χ4v) is 4.25. The van der Waals surface area contributed by atoms with Crippen molar-refractivity contribution in [1.82, 2.24) is 14.7 Å². The van der Waals surface area contributed by atoms with E-state index in [1.54, 1.807) is 29.2 Å². The summed E-state index contributed by atoms with van der Waals surface area (Å²) in [7, 11) is 0. The molecule has 6 nitrogen and oxygen atoms in total. The number of ketones is 1. The van der Waals surface area contributed by atoms with Crippen LogP contribution in [0, 0.1) is 5.92 Å². The molecule has 0 saturated carbocycles. The number of hydrogen-bond acceptors (Lipinski definition) is 3. The summed E-state index contributed by atoms with van der Waals surface area (Å²) in [5, 5.41) is 3.13. The maximum atomic E-state index is 13.7. The van der Waals surface area contributed by atoms with E-state index in [1.807, 2.05) is 74.5 Å². The minimum absolute atomic E-state index is 0.0490. The molecule has 0 spiro atoms. The van der Waals surface area contributed by atoms with Gasteiger partial charge in [-0.25, -0.2) is 4.68 Å². The number of carbonyl (C=O) groups is 2. The van der Waals surface area contributed by atoms with Crippen molar-refractivity contribution in [2.24, 2.45) is 5.92 Å². The molecule has 4 rings (SSSR count). The highest BCUT2D eigenvalue weighted by molar-refractivity contribution is 6.05. The van der Waals surface area contributed by atoms with Gasteiger partial charge in [-0.1, -0.05) is 81.4 Å². The van der Waals surface area contributed by atoms with E-state index in [0.717, 1.165) is 17.5 Å². The predicted octanol–water partition coefficient (Wildman–Crippen LogP) is 5.38. The molecule has 1 amide bonds. The van der Waals surface area contributed by atoms with Crippen LogP contribution in [0.15, 0.2) is 89.7 Å². The Morgan fingerprint density at radius 2 is 1.50 bits per heavy atom. The number of aryl methyl sites for hydroxylation is 1. The van der Waals surface area contributed by atoms with E-state index < -0.39 is 11.3 Å². The largest absolute Gasteiger partial charge is 0.331 e. The first-order chi connectivity index (χ1) is 17.4. The molecular formula is C30H31N3O3. The SMILES string of the molecule is CCc1ccc(C(=O)N(CC(=O)c2c(-c3ccccc3)[nH]n(-c3ccccc3)c2=O)CC(C)C)cc1. The number of H-pyrrole nitrogens is 1. The smallest absolute Gasteiger partial charge is 0.282 e.